The molecule has 35 heavy (non-hydrogen) atoms. The Kier molecular flexibility index (Phi) is 6.45. The van der Waals surface area contributed by atoms with Gasteiger partial charge >= 0.3 is 0 Å². The summed E-state index contributed by atoms with van der Waals surface area (Å²) in [6.07, 6.45) is 6.41. The first-order valence-electron chi connectivity index (χ1n) is 12.0. The molecule has 5 rings (SSSR count). The summed E-state index contributed by atoms with van der Waals surface area (Å²) in [6, 6.07) is 16.6. The average Bonchev–Trinajstić information content (AvgIpc) is 2.88. The van der Waals surface area contributed by atoms with E-state index in [2.05, 4.69) is 16.0 Å². The van der Waals surface area contributed by atoms with E-state index in [4.69, 9.17) is 4.74 Å². The molecule has 4 aromatic rings. The summed E-state index contributed by atoms with van der Waals surface area (Å²) in [5, 5.41) is 0.785. The number of carbonyl (C=O) groups excluding carboxylic acids is 1. The van der Waals surface area contributed by atoms with Crippen LogP contribution in [-0.2, 0) is 0 Å². The van der Waals surface area contributed by atoms with Gasteiger partial charge in [-0.15, -0.1) is 0 Å². The molecule has 0 saturated heterocycles. The number of ether oxygens (including phenoxy) is 1. The van der Waals surface area contributed by atoms with E-state index < -0.39 is 0 Å². The molecule has 5 nitrogen and oxygen atoms in total. The van der Waals surface area contributed by atoms with Crippen LogP contribution in [0.2, 0.25) is 0 Å². The normalized spacial score (nSPS) is 14.9. The number of halogens is 1. The van der Waals surface area contributed by atoms with Gasteiger partial charge in [0, 0.05) is 43.9 Å². The third-order valence-corrected chi connectivity index (χ3v) is 6.67. The Labute approximate surface area is 204 Å². The SMILES string of the molecule is CN(C)c1c(C(=O)CCC[C@H]2CCOc3ccccc32)cnc2c(-c3ccccc3F)nccc12. The van der Waals surface area contributed by atoms with Crippen LogP contribution in [0, 0.1) is 5.82 Å². The second kappa shape index (κ2) is 9.82. The summed E-state index contributed by atoms with van der Waals surface area (Å²) < 4.78 is 20.3. The quantitative estimate of drug-likeness (QED) is 0.292. The third kappa shape index (κ3) is 4.48. The van der Waals surface area contributed by atoms with E-state index in [-0.39, 0.29) is 11.6 Å². The van der Waals surface area contributed by atoms with Crippen LogP contribution in [0.3, 0.4) is 0 Å². The molecule has 0 spiro atoms. The van der Waals surface area contributed by atoms with Crippen LogP contribution in [0.4, 0.5) is 10.1 Å². The topological polar surface area (TPSA) is 55.3 Å². The molecule has 1 aliphatic rings. The van der Waals surface area contributed by atoms with E-state index in [1.54, 1.807) is 30.6 Å². The van der Waals surface area contributed by atoms with Crippen molar-refractivity contribution in [3.8, 4) is 17.0 Å². The summed E-state index contributed by atoms with van der Waals surface area (Å²) in [4.78, 5) is 24.3. The summed E-state index contributed by atoms with van der Waals surface area (Å²) >= 11 is 0. The maximum Gasteiger partial charge on any atom is 0.166 e. The van der Waals surface area contributed by atoms with Crippen molar-refractivity contribution in [3.05, 3.63) is 83.9 Å². The van der Waals surface area contributed by atoms with Gasteiger partial charge in [0.2, 0.25) is 0 Å². The lowest BCUT2D eigenvalue weighted by Gasteiger charge is -2.25. The Bertz CT molecular complexity index is 1390. The monoisotopic (exact) mass is 469 g/mol. The van der Waals surface area contributed by atoms with E-state index in [1.165, 1.54) is 11.6 Å². The number of carbonyl (C=O) groups is 1. The minimum Gasteiger partial charge on any atom is -0.493 e. The maximum absolute atomic E-state index is 14.5. The molecule has 0 fully saturated rings. The number of fused-ring (bicyclic) bond motifs is 2. The lowest BCUT2D eigenvalue weighted by Crippen LogP contribution is -2.16. The number of anilines is 1. The van der Waals surface area contributed by atoms with Crippen LogP contribution in [0.15, 0.2) is 67.0 Å². The summed E-state index contributed by atoms with van der Waals surface area (Å²) in [5.74, 6) is 1.08. The molecule has 0 bridgehead atoms. The molecule has 2 aromatic carbocycles. The highest BCUT2D eigenvalue weighted by molar-refractivity contribution is 6.10. The van der Waals surface area contributed by atoms with Crippen molar-refractivity contribution in [2.75, 3.05) is 25.6 Å². The van der Waals surface area contributed by atoms with Crippen LogP contribution >= 0.6 is 0 Å². The molecule has 1 atom stereocenters. The summed E-state index contributed by atoms with van der Waals surface area (Å²) in [5.41, 5.74) is 4.06. The molecule has 6 heteroatoms. The Morgan fingerprint density at radius 1 is 1.09 bits per heavy atom. The first-order valence-corrected chi connectivity index (χ1v) is 12.0. The summed E-state index contributed by atoms with van der Waals surface area (Å²) in [7, 11) is 3.82. The van der Waals surface area contributed by atoms with Crippen molar-refractivity contribution in [2.24, 2.45) is 0 Å². The second-order valence-corrected chi connectivity index (χ2v) is 9.14. The zero-order chi connectivity index (χ0) is 24.4. The number of para-hydroxylation sites is 1. The molecular weight excluding hydrogens is 441 g/mol. The Balaban J connectivity index is 1.41. The molecule has 0 aliphatic carbocycles. The van der Waals surface area contributed by atoms with Crippen LogP contribution < -0.4 is 9.64 Å². The van der Waals surface area contributed by atoms with E-state index in [0.29, 0.717) is 41.3 Å². The van der Waals surface area contributed by atoms with Crippen LogP contribution in [0.5, 0.6) is 5.75 Å². The number of pyridine rings is 2. The van der Waals surface area contributed by atoms with Gasteiger partial charge in [0.05, 0.1) is 29.1 Å². The van der Waals surface area contributed by atoms with Gasteiger partial charge in [-0.3, -0.25) is 14.8 Å². The van der Waals surface area contributed by atoms with Crippen molar-refractivity contribution in [3.63, 3.8) is 0 Å². The fourth-order valence-electron chi connectivity index (χ4n) is 5.01. The highest BCUT2D eigenvalue weighted by Gasteiger charge is 2.23. The van der Waals surface area contributed by atoms with Crippen LogP contribution in [0.25, 0.3) is 22.2 Å². The number of hydrogen-bond donors (Lipinski definition) is 0. The lowest BCUT2D eigenvalue weighted by molar-refractivity contribution is 0.0978. The molecule has 3 heterocycles. The molecule has 2 aromatic heterocycles. The Hall–Kier alpha value is -3.80. The predicted octanol–water partition coefficient (Wildman–Crippen LogP) is 6.42. The summed E-state index contributed by atoms with van der Waals surface area (Å²) in [6.45, 7) is 0.716. The van der Waals surface area contributed by atoms with E-state index >= 15 is 0 Å². The fraction of sp³-hybridized carbons (Fsp3) is 0.276. The number of benzene rings is 2. The lowest BCUT2D eigenvalue weighted by atomic mass is 9.88. The molecule has 178 valence electrons. The van der Waals surface area contributed by atoms with Gasteiger partial charge in [-0.2, -0.15) is 0 Å². The number of rotatable bonds is 7. The number of Topliss-reactive ketones (excluding diaryl/α,β-unsaturated/α-hetero) is 1. The van der Waals surface area contributed by atoms with Crippen molar-refractivity contribution in [1.29, 1.82) is 0 Å². The van der Waals surface area contributed by atoms with E-state index in [1.807, 2.05) is 43.3 Å². The standard InChI is InChI=1S/C29H28FN3O2/c1-33(2)29-22-14-16-31-27(21-10-3-5-11-24(21)30)28(22)32-18-23(29)25(34)12-7-8-19-15-17-35-26-13-6-4-9-20(19)26/h3-6,9-11,13-14,16,18-19H,7-8,12,15,17H2,1-2H3/t19-/m0/s1. The van der Waals surface area contributed by atoms with E-state index in [0.717, 1.165) is 36.1 Å². The first kappa shape index (κ1) is 23.0. The van der Waals surface area contributed by atoms with Gasteiger partial charge in [0.15, 0.2) is 5.78 Å². The highest BCUT2D eigenvalue weighted by Crippen LogP contribution is 2.37. The molecular formula is C29H28FN3O2. The van der Waals surface area contributed by atoms with E-state index in [9.17, 15) is 9.18 Å². The molecule has 0 unspecified atom stereocenters. The van der Waals surface area contributed by atoms with Gasteiger partial charge in [-0.05, 0) is 55.0 Å². The predicted molar refractivity (Wildman–Crippen MR) is 137 cm³/mol. The second-order valence-electron chi connectivity index (χ2n) is 9.14. The van der Waals surface area contributed by atoms with Crippen molar-refractivity contribution >= 4 is 22.4 Å². The highest BCUT2D eigenvalue weighted by atomic mass is 19.1. The van der Waals surface area contributed by atoms with Crippen molar-refractivity contribution in [2.45, 2.75) is 31.6 Å². The fourth-order valence-corrected chi connectivity index (χ4v) is 5.01. The van der Waals surface area contributed by atoms with Gasteiger partial charge in [-0.25, -0.2) is 4.39 Å². The number of aromatic nitrogens is 2. The number of nitrogens with zero attached hydrogens (tertiary/aromatic N) is 3. The van der Waals surface area contributed by atoms with Crippen LogP contribution in [0.1, 0.15) is 47.5 Å². The van der Waals surface area contributed by atoms with Gasteiger partial charge in [-0.1, -0.05) is 30.3 Å². The maximum atomic E-state index is 14.5. The molecule has 0 amide bonds. The zero-order valence-corrected chi connectivity index (χ0v) is 20.0. The number of ketones is 1. The smallest absolute Gasteiger partial charge is 0.166 e. The van der Waals surface area contributed by atoms with Crippen molar-refractivity contribution < 1.29 is 13.9 Å². The Morgan fingerprint density at radius 2 is 1.89 bits per heavy atom. The molecule has 0 radical (unpaired) electrons. The first-order chi connectivity index (χ1) is 17.0. The van der Waals surface area contributed by atoms with Crippen LogP contribution in [-0.4, -0.2) is 36.5 Å². The van der Waals surface area contributed by atoms with Gasteiger partial charge in [0.1, 0.15) is 11.6 Å². The van der Waals surface area contributed by atoms with Crippen molar-refractivity contribution in [1.82, 2.24) is 9.97 Å². The third-order valence-electron chi connectivity index (χ3n) is 6.67. The van der Waals surface area contributed by atoms with Gasteiger partial charge in [0.25, 0.3) is 0 Å². The zero-order valence-electron chi connectivity index (χ0n) is 20.0. The largest absolute Gasteiger partial charge is 0.493 e. The molecule has 0 saturated carbocycles. The molecule has 1 aliphatic heterocycles. The Morgan fingerprint density at radius 3 is 2.71 bits per heavy atom. The minimum atomic E-state index is -0.351. The van der Waals surface area contributed by atoms with Gasteiger partial charge < -0.3 is 9.64 Å². The molecule has 0 N–H and O–H groups in total. The minimum absolute atomic E-state index is 0.0627. The average molecular weight is 470 g/mol. The number of hydrogen-bond acceptors (Lipinski definition) is 5.